The lowest BCUT2D eigenvalue weighted by atomic mass is 10.0. The summed E-state index contributed by atoms with van der Waals surface area (Å²) in [5.41, 5.74) is 0. The van der Waals surface area contributed by atoms with E-state index < -0.39 is 37.0 Å². The second-order valence-corrected chi connectivity index (χ2v) is 4.39. The lowest BCUT2D eigenvalue weighted by Crippen LogP contribution is -2.26. The predicted molar refractivity (Wildman–Crippen MR) is 77.0 cm³/mol. The molecule has 0 radical (unpaired) electrons. The lowest BCUT2D eigenvalue weighted by Gasteiger charge is -2.15. The van der Waals surface area contributed by atoms with Gasteiger partial charge in [0.25, 0.3) is 0 Å². The monoisotopic (exact) mass is 350 g/mol. The van der Waals surface area contributed by atoms with Gasteiger partial charge < -0.3 is 28.8 Å². The normalized spacial score (nSPS) is 11.1. The van der Waals surface area contributed by atoms with Gasteiger partial charge in [-0.15, -0.1) is 0 Å². The van der Waals surface area contributed by atoms with E-state index in [1.807, 2.05) is 0 Å². The van der Waals surface area contributed by atoms with Gasteiger partial charge in [-0.2, -0.15) is 0 Å². The van der Waals surface area contributed by atoms with Crippen molar-refractivity contribution >= 4 is 24.2 Å². The molecular formula is C14H22O10. The third-order valence-corrected chi connectivity index (χ3v) is 2.58. The van der Waals surface area contributed by atoms with E-state index in [2.05, 4.69) is 14.2 Å². The van der Waals surface area contributed by atoms with Crippen molar-refractivity contribution in [3.63, 3.8) is 0 Å². The van der Waals surface area contributed by atoms with Gasteiger partial charge in [0, 0.05) is 6.42 Å². The molecule has 0 saturated carbocycles. The molecule has 0 fully saturated rings. The molecule has 0 aliphatic carbocycles. The van der Waals surface area contributed by atoms with Crippen molar-refractivity contribution in [3.05, 3.63) is 0 Å². The van der Waals surface area contributed by atoms with Crippen LogP contribution in [0.3, 0.4) is 0 Å². The fraction of sp³-hybridized carbons (Fsp3) is 0.714. The number of hydrogen-bond donors (Lipinski definition) is 1. The summed E-state index contributed by atoms with van der Waals surface area (Å²) in [5.74, 6) is -2.72. The fourth-order valence-corrected chi connectivity index (χ4v) is 1.51. The molecule has 24 heavy (non-hydrogen) atoms. The minimum absolute atomic E-state index is 0.109. The van der Waals surface area contributed by atoms with Gasteiger partial charge in [-0.25, -0.2) is 9.59 Å². The maximum Gasteiger partial charge on any atom is 0.511 e. The van der Waals surface area contributed by atoms with Crippen LogP contribution in [0.2, 0.25) is 0 Å². The zero-order valence-corrected chi connectivity index (χ0v) is 13.6. The molecule has 1 N–H and O–H groups in total. The fourth-order valence-electron chi connectivity index (χ4n) is 1.51. The number of ether oxygens (including phenoxy) is 5. The molecule has 0 saturated heterocycles. The van der Waals surface area contributed by atoms with Crippen LogP contribution in [0.4, 0.5) is 9.59 Å². The zero-order valence-electron chi connectivity index (χ0n) is 13.6. The van der Waals surface area contributed by atoms with E-state index in [-0.39, 0.29) is 39.1 Å². The third kappa shape index (κ3) is 11.1. The molecule has 0 rings (SSSR count). The van der Waals surface area contributed by atoms with Gasteiger partial charge in [0.05, 0.1) is 19.1 Å². The Morgan fingerprint density at radius 2 is 1.46 bits per heavy atom. The molecule has 1 unspecified atom stereocenters. The Kier molecular flexibility index (Phi) is 11.6. The van der Waals surface area contributed by atoms with Crippen molar-refractivity contribution in [3.8, 4) is 0 Å². The van der Waals surface area contributed by atoms with E-state index in [9.17, 15) is 19.2 Å². The summed E-state index contributed by atoms with van der Waals surface area (Å²) < 4.78 is 23.0. The van der Waals surface area contributed by atoms with Crippen LogP contribution in [0.5, 0.6) is 0 Å². The average Bonchev–Trinajstić information content (AvgIpc) is 2.50. The topological polar surface area (TPSA) is 135 Å². The number of aliphatic carboxylic acids is 1. The highest BCUT2D eigenvalue weighted by Crippen LogP contribution is 2.12. The largest absolute Gasteiger partial charge is 0.511 e. The van der Waals surface area contributed by atoms with E-state index in [0.717, 1.165) is 0 Å². The number of carbonyl (C=O) groups excluding carboxylic acids is 3. The molecule has 0 aliphatic rings. The summed E-state index contributed by atoms with van der Waals surface area (Å²) in [4.78, 5) is 44.5. The molecule has 0 heterocycles. The molecule has 0 aromatic heterocycles. The molecule has 0 aromatic rings. The quantitative estimate of drug-likeness (QED) is 0.333. The van der Waals surface area contributed by atoms with Crippen molar-refractivity contribution in [2.75, 3.05) is 26.6 Å². The summed E-state index contributed by atoms with van der Waals surface area (Å²) >= 11 is 0. The second kappa shape index (κ2) is 13.0. The Balaban J connectivity index is 4.36. The molecule has 1 atom stereocenters. The van der Waals surface area contributed by atoms with Gasteiger partial charge in [-0.3, -0.25) is 9.59 Å². The highest BCUT2D eigenvalue weighted by molar-refractivity contribution is 5.73. The number of rotatable bonds is 11. The Bertz CT molecular complexity index is 420. The highest BCUT2D eigenvalue weighted by atomic mass is 16.8. The van der Waals surface area contributed by atoms with E-state index in [1.165, 1.54) is 0 Å². The van der Waals surface area contributed by atoms with Crippen molar-refractivity contribution in [2.45, 2.75) is 33.1 Å². The van der Waals surface area contributed by atoms with E-state index in [4.69, 9.17) is 14.6 Å². The molecule has 0 bridgehead atoms. The number of carboxylic acid groups (broad SMARTS) is 1. The summed E-state index contributed by atoms with van der Waals surface area (Å²) in [6.45, 7) is 2.40. The summed E-state index contributed by atoms with van der Waals surface area (Å²) in [6, 6.07) is 0. The van der Waals surface area contributed by atoms with Crippen LogP contribution >= 0.6 is 0 Å². The van der Waals surface area contributed by atoms with Crippen LogP contribution in [0.1, 0.15) is 33.1 Å². The van der Waals surface area contributed by atoms with E-state index in [0.29, 0.717) is 0 Å². The van der Waals surface area contributed by atoms with Crippen LogP contribution < -0.4 is 0 Å². The average molecular weight is 350 g/mol. The maximum atomic E-state index is 11.9. The summed E-state index contributed by atoms with van der Waals surface area (Å²) in [7, 11) is 0. The lowest BCUT2D eigenvalue weighted by molar-refractivity contribution is -0.160. The van der Waals surface area contributed by atoms with Crippen LogP contribution in [0.25, 0.3) is 0 Å². The number of carbonyl (C=O) groups is 4. The predicted octanol–water partition coefficient (Wildman–Crippen LogP) is 1.70. The molecule has 0 aliphatic heterocycles. The van der Waals surface area contributed by atoms with Crippen molar-refractivity contribution in [2.24, 2.45) is 5.92 Å². The first-order chi connectivity index (χ1) is 11.4. The van der Waals surface area contributed by atoms with Crippen molar-refractivity contribution in [1.82, 2.24) is 0 Å². The SMILES string of the molecule is CCOC(=O)OCOC(=O)C(CCCC(=O)O)COC(=O)OCC. The van der Waals surface area contributed by atoms with Gasteiger partial charge in [-0.05, 0) is 26.7 Å². The summed E-state index contributed by atoms with van der Waals surface area (Å²) in [5, 5.41) is 8.61. The molecule has 0 aromatic carbocycles. The highest BCUT2D eigenvalue weighted by Gasteiger charge is 2.23. The van der Waals surface area contributed by atoms with Gasteiger partial charge in [0.1, 0.15) is 6.61 Å². The smallest absolute Gasteiger partial charge is 0.481 e. The first kappa shape index (κ1) is 21.5. The minimum atomic E-state index is -1.01. The van der Waals surface area contributed by atoms with Crippen LogP contribution in [0, 0.1) is 5.92 Å². The van der Waals surface area contributed by atoms with Gasteiger partial charge in [0.15, 0.2) is 0 Å². The first-order valence-corrected chi connectivity index (χ1v) is 7.38. The summed E-state index contributed by atoms with van der Waals surface area (Å²) in [6.07, 6.45) is -1.79. The van der Waals surface area contributed by atoms with Gasteiger partial charge in [-0.1, -0.05) is 0 Å². The van der Waals surface area contributed by atoms with E-state index >= 15 is 0 Å². The van der Waals surface area contributed by atoms with Gasteiger partial charge >= 0.3 is 24.2 Å². The number of hydrogen-bond acceptors (Lipinski definition) is 9. The van der Waals surface area contributed by atoms with E-state index in [1.54, 1.807) is 13.8 Å². The zero-order chi connectivity index (χ0) is 18.4. The standard InChI is InChI=1S/C14H22O10/c1-3-20-13(18)22-8-10(6-5-7-11(15)16)12(17)23-9-24-14(19)21-4-2/h10H,3-9H2,1-2H3,(H,15,16). The molecule has 0 spiro atoms. The minimum Gasteiger partial charge on any atom is -0.481 e. The van der Waals surface area contributed by atoms with Crippen molar-refractivity contribution < 1.29 is 48.0 Å². The Hall–Kier alpha value is -2.52. The number of carboxylic acids is 1. The molecule has 0 amide bonds. The van der Waals surface area contributed by atoms with Crippen LogP contribution in [-0.2, 0) is 33.3 Å². The molecule has 10 heteroatoms. The van der Waals surface area contributed by atoms with Crippen molar-refractivity contribution in [1.29, 1.82) is 0 Å². The molecule has 138 valence electrons. The van der Waals surface area contributed by atoms with Crippen LogP contribution in [0.15, 0.2) is 0 Å². The second-order valence-electron chi connectivity index (χ2n) is 4.39. The third-order valence-electron chi connectivity index (χ3n) is 2.58. The van der Waals surface area contributed by atoms with Crippen LogP contribution in [-0.4, -0.2) is 56.0 Å². The molecular weight excluding hydrogens is 328 g/mol. The Labute approximate surface area is 138 Å². The first-order valence-electron chi connectivity index (χ1n) is 7.38. The Morgan fingerprint density at radius 3 is 2.00 bits per heavy atom. The van der Waals surface area contributed by atoms with Gasteiger partial charge in [0.2, 0.25) is 6.79 Å². The maximum absolute atomic E-state index is 11.9. The number of esters is 1. The Morgan fingerprint density at radius 1 is 0.875 bits per heavy atom. The molecule has 10 nitrogen and oxygen atoms in total.